The zero-order valence-electron chi connectivity index (χ0n) is 6.40. The molecule has 0 spiro atoms. The number of aliphatic hydroxyl groups is 1. The third-order valence-electron chi connectivity index (χ3n) is 0.870. The molecule has 5 heteroatoms. The van der Waals surface area contributed by atoms with E-state index in [1.807, 2.05) is 0 Å². The third-order valence-corrected chi connectivity index (χ3v) is 2.09. The van der Waals surface area contributed by atoms with Crippen molar-refractivity contribution in [3.05, 3.63) is 24.5 Å². The standard InChI is InChI=1S/C7H10O4S/c1-6(8)5-12(11)4-2-3-7(9)10/h2-3,8H,1,4-5H2,(H,9,10). The molecule has 0 aromatic carbocycles. The summed E-state index contributed by atoms with van der Waals surface area (Å²) in [5.41, 5.74) is 0. The van der Waals surface area contributed by atoms with Crippen LogP contribution >= 0.6 is 0 Å². The van der Waals surface area contributed by atoms with Crippen molar-refractivity contribution >= 4 is 16.8 Å². The van der Waals surface area contributed by atoms with E-state index in [-0.39, 0.29) is 17.3 Å². The number of carbonyl (C=O) groups is 1. The van der Waals surface area contributed by atoms with Crippen LogP contribution in [0.3, 0.4) is 0 Å². The number of carboxylic acids is 1. The van der Waals surface area contributed by atoms with E-state index in [0.717, 1.165) is 6.08 Å². The number of hydrogen-bond acceptors (Lipinski definition) is 3. The Bertz CT molecular complexity index is 232. The molecule has 0 rings (SSSR count). The van der Waals surface area contributed by atoms with Crippen molar-refractivity contribution in [2.75, 3.05) is 11.5 Å². The molecule has 0 aliphatic heterocycles. The Balaban J connectivity index is 3.71. The third kappa shape index (κ3) is 7.01. The molecule has 0 heterocycles. The molecule has 12 heavy (non-hydrogen) atoms. The van der Waals surface area contributed by atoms with Gasteiger partial charge in [0.15, 0.2) is 0 Å². The molecule has 2 N–H and O–H groups in total. The van der Waals surface area contributed by atoms with E-state index in [1.54, 1.807) is 0 Å². The summed E-state index contributed by atoms with van der Waals surface area (Å²) in [6.07, 6.45) is 2.19. The average molecular weight is 190 g/mol. The second kappa shape index (κ2) is 5.54. The number of carboxylic acid groups (broad SMARTS) is 1. The van der Waals surface area contributed by atoms with E-state index in [1.165, 1.54) is 6.08 Å². The summed E-state index contributed by atoms with van der Waals surface area (Å²) in [4.78, 5) is 9.95. The topological polar surface area (TPSA) is 74.6 Å². The molecule has 0 bridgehead atoms. The molecule has 0 aliphatic rings. The largest absolute Gasteiger partial charge is 0.512 e. The van der Waals surface area contributed by atoms with Crippen LogP contribution in [0.5, 0.6) is 0 Å². The molecular formula is C7H10O4S. The lowest BCUT2D eigenvalue weighted by Crippen LogP contribution is -2.02. The van der Waals surface area contributed by atoms with Gasteiger partial charge < -0.3 is 10.2 Å². The summed E-state index contributed by atoms with van der Waals surface area (Å²) in [6, 6.07) is 0. The first-order chi connectivity index (χ1) is 5.52. The molecule has 0 amide bonds. The Morgan fingerprint density at radius 2 is 2.08 bits per heavy atom. The monoisotopic (exact) mass is 190 g/mol. The van der Waals surface area contributed by atoms with E-state index < -0.39 is 16.8 Å². The van der Waals surface area contributed by atoms with Gasteiger partial charge in [0.25, 0.3) is 0 Å². The van der Waals surface area contributed by atoms with Crippen molar-refractivity contribution in [2.45, 2.75) is 0 Å². The van der Waals surface area contributed by atoms with Gasteiger partial charge in [0.2, 0.25) is 0 Å². The summed E-state index contributed by atoms with van der Waals surface area (Å²) < 4.78 is 10.9. The van der Waals surface area contributed by atoms with Crippen LogP contribution in [-0.2, 0) is 15.6 Å². The molecule has 4 nitrogen and oxygen atoms in total. The van der Waals surface area contributed by atoms with Crippen molar-refractivity contribution in [1.82, 2.24) is 0 Å². The number of rotatable bonds is 5. The summed E-state index contributed by atoms with van der Waals surface area (Å²) in [5.74, 6) is -1.12. The maximum absolute atomic E-state index is 10.9. The SMILES string of the molecule is C=C(O)CS(=O)CC=CC(=O)O. The van der Waals surface area contributed by atoms with E-state index in [2.05, 4.69) is 6.58 Å². The second-order valence-electron chi connectivity index (χ2n) is 2.06. The van der Waals surface area contributed by atoms with E-state index in [9.17, 15) is 9.00 Å². The highest BCUT2D eigenvalue weighted by Gasteiger charge is 1.98. The fraction of sp³-hybridized carbons (Fsp3) is 0.286. The maximum Gasteiger partial charge on any atom is 0.328 e. The van der Waals surface area contributed by atoms with Crippen LogP contribution in [0.15, 0.2) is 24.5 Å². The highest BCUT2D eigenvalue weighted by atomic mass is 32.2. The van der Waals surface area contributed by atoms with Crippen LogP contribution < -0.4 is 0 Å². The first kappa shape index (κ1) is 10.9. The normalized spacial score (nSPS) is 13.0. The second-order valence-corrected chi connectivity index (χ2v) is 3.56. The van der Waals surface area contributed by atoms with Gasteiger partial charge in [0.1, 0.15) is 0 Å². The first-order valence-electron chi connectivity index (χ1n) is 3.13. The molecule has 0 saturated heterocycles. The number of aliphatic hydroxyl groups excluding tert-OH is 1. The first-order valence-corrected chi connectivity index (χ1v) is 4.62. The lowest BCUT2D eigenvalue weighted by Gasteiger charge is -1.94. The smallest absolute Gasteiger partial charge is 0.328 e. The van der Waals surface area contributed by atoms with Crippen LogP contribution in [0.2, 0.25) is 0 Å². The lowest BCUT2D eigenvalue weighted by molar-refractivity contribution is -0.131. The highest BCUT2D eigenvalue weighted by Crippen LogP contribution is 1.90. The van der Waals surface area contributed by atoms with Crippen molar-refractivity contribution in [2.24, 2.45) is 0 Å². The number of aliphatic carboxylic acids is 1. The van der Waals surface area contributed by atoms with Crippen molar-refractivity contribution in [3.63, 3.8) is 0 Å². The summed E-state index contributed by atoms with van der Waals surface area (Å²) in [6.45, 7) is 3.16. The van der Waals surface area contributed by atoms with Gasteiger partial charge in [-0.2, -0.15) is 0 Å². The van der Waals surface area contributed by atoms with Crippen LogP contribution in [0, 0.1) is 0 Å². The Kier molecular flexibility index (Phi) is 5.03. The summed E-state index contributed by atoms with van der Waals surface area (Å²) in [7, 11) is -1.27. The number of hydrogen-bond donors (Lipinski definition) is 2. The molecule has 0 aliphatic carbocycles. The molecular weight excluding hydrogens is 180 g/mol. The predicted molar refractivity (Wildman–Crippen MR) is 46.4 cm³/mol. The summed E-state index contributed by atoms with van der Waals surface area (Å²) in [5, 5.41) is 16.8. The van der Waals surface area contributed by atoms with Gasteiger partial charge in [0, 0.05) is 22.6 Å². The molecule has 1 unspecified atom stereocenters. The van der Waals surface area contributed by atoms with Gasteiger partial charge in [-0.1, -0.05) is 12.7 Å². The van der Waals surface area contributed by atoms with Crippen LogP contribution in [0.25, 0.3) is 0 Å². The van der Waals surface area contributed by atoms with E-state index >= 15 is 0 Å². The minimum absolute atomic E-state index is 0.00996. The van der Waals surface area contributed by atoms with Gasteiger partial charge >= 0.3 is 5.97 Å². The van der Waals surface area contributed by atoms with Crippen LogP contribution in [-0.4, -0.2) is 31.9 Å². The summed E-state index contributed by atoms with van der Waals surface area (Å²) >= 11 is 0. The lowest BCUT2D eigenvalue weighted by atomic mass is 10.5. The minimum Gasteiger partial charge on any atom is -0.512 e. The highest BCUT2D eigenvalue weighted by molar-refractivity contribution is 7.85. The van der Waals surface area contributed by atoms with Gasteiger partial charge in [-0.25, -0.2) is 4.79 Å². The van der Waals surface area contributed by atoms with Gasteiger partial charge in [-0.15, -0.1) is 0 Å². The average Bonchev–Trinajstić information content (AvgIpc) is 1.84. The Morgan fingerprint density at radius 1 is 1.50 bits per heavy atom. The van der Waals surface area contributed by atoms with Crippen molar-refractivity contribution in [1.29, 1.82) is 0 Å². The molecule has 1 atom stereocenters. The van der Waals surface area contributed by atoms with Crippen molar-refractivity contribution < 1.29 is 19.2 Å². The Hall–Kier alpha value is -1.10. The molecule has 68 valence electrons. The molecule has 0 fully saturated rings. The predicted octanol–water partition coefficient (Wildman–Crippen LogP) is 0.448. The quantitative estimate of drug-likeness (QED) is 0.487. The maximum atomic E-state index is 10.9. The molecule has 0 aromatic heterocycles. The minimum atomic E-state index is -1.27. The zero-order chi connectivity index (χ0) is 9.56. The van der Waals surface area contributed by atoms with Gasteiger partial charge in [0.05, 0.1) is 11.5 Å². The van der Waals surface area contributed by atoms with Gasteiger partial charge in [-0.3, -0.25) is 4.21 Å². The van der Waals surface area contributed by atoms with Crippen LogP contribution in [0.1, 0.15) is 0 Å². The molecule has 0 saturated carbocycles. The molecule has 0 radical (unpaired) electrons. The Morgan fingerprint density at radius 3 is 2.50 bits per heavy atom. The fourth-order valence-electron chi connectivity index (χ4n) is 0.501. The zero-order valence-corrected chi connectivity index (χ0v) is 7.21. The fourth-order valence-corrected chi connectivity index (χ4v) is 1.30. The van der Waals surface area contributed by atoms with Gasteiger partial charge in [-0.05, 0) is 0 Å². The Labute approximate surface area is 72.7 Å². The van der Waals surface area contributed by atoms with Crippen LogP contribution in [0.4, 0.5) is 0 Å². The van der Waals surface area contributed by atoms with E-state index in [0.29, 0.717) is 0 Å². The van der Waals surface area contributed by atoms with E-state index in [4.69, 9.17) is 10.2 Å². The van der Waals surface area contributed by atoms with Crippen molar-refractivity contribution in [3.8, 4) is 0 Å². The molecule has 0 aromatic rings.